The molecular formula is C15H16ClN3O2. The summed E-state index contributed by atoms with van der Waals surface area (Å²) in [5.41, 5.74) is 0.889. The van der Waals surface area contributed by atoms with Crippen LogP contribution in [0.2, 0.25) is 5.15 Å². The number of fused-ring (bicyclic) bond motifs is 4. The Kier molecular flexibility index (Phi) is 2.22. The number of nitrogens with zero attached hydrogens (tertiary/aromatic N) is 3. The molecule has 0 aromatic carbocycles. The first kappa shape index (κ1) is 12.4. The van der Waals surface area contributed by atoms with E-state index in [1.165, 1.54) is 12.7 Å². The Morgan fingerprint density at radius 1 is 1.24 bits per heavy atom. The van der Waals surface area contributed by atoms with Gasteiger partial charge in [-0.05, 0) is 38.2 Å². The second kappa shape index (κ2) is 3.77. The van der Waals surface area contributed by atoms with Gasteiger partial charge in [0.15, 0.2) is 5.79 Å². The molecule has 0 bridgehead atoms. The van der Waals surface area contributed by atoms with E-state index >= 15 is 0 Å². The van der Waals surface area contributed by atoms with Crippen LogP contribution < -0.4 is 0 Å². The Hall–Kier alpha value is -1.17. The van der Waals surface area contributed by atoms with Crippen LogP contribution in [0.25, 0.3) is 11.0 Å². The average Bonchev–Trinajstić information content (AvgIpc) is 2.82. The summed E-state index contributed by atoms with van der Waals surface area (Å²) in [4.78, 5) is 8.47. The third-order valence-electron chi connectivity index (χ3n) is 5.03. The van der Waals surface area contributed by atoms with E-state index in [1.807, 2.05) is 19.9 Å². The van der Waals surface area contributed by atoms with E-state index in [0.29, 0.717) is 17.0 Å². The molecule has 5 atom stereocenters. The molecule has 0 amide bonds. The predicted molar refractivity (Wildman–Crippen MR) is 77.0 cm³/mol. The fourth-order valence-electron chi connectivity index (χ4n) is 4.21. The number of hydrogen-bond donors (Lipinski definition) is 0. The van der Waals surface area contributed by atoms with E-state index in [0.717, 1.165) is 11.0 Å². The van der Waals surface area contributed by atoms with Crippen molar-refractivity contribution >= 4 is 22.6 Å². The highest BCUT2D eigenvalue weighted by atomic mass is 35.5. The molecule has 0 spiro atoms. The molecule has 5 nitrogen and oxygen atoms in total. The van der Waals surface area contributed by atoms with Crippen molar-refractivity contribution in [2.24, 2.45) is 11.8 Å². The fourth-order valence-corrected chi connectivity index (χ4v) is 4.40. The van der Waals surface area contributed by atoms with Crippen LogP contribution in [-0.4, -0.2) is 32.5 Å². The second-order valence-electron chi connectivity index (χ2n) is 6.74. The van der Waals surface area contributed by atoms with Gasteiger partial charge in [0.25, 0.3) is 0 Å². The Morgan fingerprint density at radius 2 is 2.05 bits per heavy atom. The first-order chi connectivity index (χ1) is 10.1. The summed E-state index contributed by atoms with van der Waals surface area (Å²) in [7, 11) is 0. The molecule has 110 valence electrons. The minimum atomic E-state index is -0.489. The predicted octanol–water partition coefficient (Wildman–Crippen LogP) is 2.80. The molecule has 3 heterocycles. The highest BCUT2D eigenvalue weighted by Crippen LogP contribution is 2.63. The first-order valence-corrected chi connectivity index (χ1v) is 7.76. The fraction of sp³-hybridized carbons (Fsp3) is 0.600. The Labute approximate surface area is 127 Å². The first-order valence-electron chi connectivity index (χ1n) is 7.38. The van der Waals surface area contributed by atoms with Crippen molar-refractivity contribution in [2.75, 3.05) is 0 Å². The van der Waals surface area contributed by atoms with Gasteiger partial charge in [0.1, 0.15) is 23.2 Å². The highest BCUT2D eigenvalue weighted by Gasteiger charge is 2.66. The van der Waals surface area contributed by atoms with Gasteiger partial charge in [-0.25, -0.2) is 9.97 Å². The van der Waals surface area contributed by atoms with Crippen molar-refractivity contribution in [2.45, 2.75) is 44.3 Å². The van der Waals surface area contributed by atoms with Crippen LogP contribution in [-0.2, 0) is 9.47 Å². The monoisotopic (exact) mass is 305 g/mol. The minimum absolute atomic E-state index is 0.105. The van der Waals surface area contributed by atoms with E-state index < -0.39 is 5.79 Å². The lowest BCUT2D eigenvalue weighted by atomic mass is 10.1. The molecular weight excluding hydrogens is 290 g/mol. The van der Waals surface area contributed by atoms with E-state index in [9.17, 15) is 0 Å². The normalized spacial score (nSPS) is 39.5. The molecule has 21 heavy (non-hydrogen) atoms. The third kappa shape index (κ3) is 1.59. The molecule has 2 aliphatic carbocycles. The summed E-state index contributed by atoms with van der Waals surface area (Å²) >= 11 is 6.16. The second-order valence-corrected chi connectivity index (χ2v) is 7.10. The Bertz CT molecular complexity index is 744. The zero-order valence-corrected chi connectivity index (χ0v) is 12.6. The van der Waals surface area contributed by atoms with E-state index in [4.69, 9.17) is 21.1 Å². The number of hydrogen-bond acceptors (Lipinski definition) is 4. The van der Waals surface area contributed by atoms with Gasteiger partial charge < -0.3 is 14.0 Å². The van der Waals surface area contributed by atoms with Crippen molar-refractivity contribution in [3.05, 3.63) is 23.7 Å². The van der Waals surface area contributed by atoms with Crippen molar-refractivity contribution in [1.82, 2.24) is 14.5 Å². The van der Waals surface area contributed by atoms with Crippen LogP contribution in [0.3, 0.4) is 0 Å². The maximum Gasteiger partial charge on any atom is 0.163 e. The lowest BCUT2D eigenvalue weighted by Gasteiger charge is -2.24. The van der Waals surface area contributed by atoms with Gasteiger partial charge in [-0.1, -0.05) is 11.6 Å². The maximum atomic E-state index is 6.17. The summed E-state index contributed by atoms with van der Waals surface area (Å²) < 4.78 is 14.5. The maximum absolute atomic E-state index is 6.17. The molecule has 1 aliphatic heterocycles. The molecule has 6 heteroatoms. The number of rotatable bonds is 1. The van der Waals surface area contributed by atoms with Crippen molar-refractivity contribution in [3.63, 3.8) is 0 Å². The van der Waals surface area contributed by atoms with Crippen LogP contribution in [0.5, 0.6) is 0 Å². The summed E-state index contributed by atoms with van der Waals surface area (Å²) in [6.07, 6.45) is 5.11. The molecule has 0 N–H and O–H groups in total. The van der Waals surface area contributed by atoms with Crippen molar-refractivity contribution in [1.29, 1.82) is 0 Å². The highest BCUT2D eigenvalue weighted by molar-refractivity contribution is 6.33. The summed E-state index contributed by atoms with van der Waals surface area (Å²) in [5.74, 6) is 0.758. The van der Waals surface area contributed by atoms with Crippen molar-refractivity contribution in [3.8, 4) is 0 Å². The Morgan fingerprint density at radius 3 is 2.90 bits per heavy atom. The summed E-state index contributed by atoms with van der Waals surface area (Å²) in [6.45, 7) is 3.99. The van der Waals surface area contributed by atoms with E-state index in [2.05, 4.69) is 20.7 Å². The van der Waals surface area contributed by atoms with Crippen molar-refractivity contribution < 1.29 is 9.47 Å². The third-order valence-corrected chi connectivity index (χ3v) is 5.34. The topological polar surface area (TPSA) is 49.2 Å². The molecule has 3 fully saturated rings. The molecule has 2 aromatic heterocycles. The molecule has 5 rings (SSSR count). The smallest absolute Gasteiger partial charge is 0.163 e. The van der Waals surface area contributed by atoms with Gasteiger partial charge in [0.2, 0.25) is 0 Å². The van der Waals surface area contributed by atoms with Crippen LogP contribution in [0, 0.1) is 11.8 Å². The number of halogens is 1. The van der Waals surface area contributed by atoms with E-state index in [1.54, 1.807) is 0 Å². The van der Waals surface area contributed by atoms with Crippen LogP contribution >= 0.6 is 11.6 Å². The standard InChI is InChI=1S/C15H16ClN3O2/c1-15(2)20-11-9-5-8(9)10(12(11)21-15)19-4-3-7-13(16)17-6-18-14(7)19/h3-4,6,8-12H,5H2,1-2H3/t8-,9?,10+,11+,12-/m0/s1. The van der Waals surface area contributed by atoms with Crippen LogP contribution in [0.1, 0.15) is 26.3 Å². The molecule has 1 saturated heterocycles. The molecule has 0 radical (unpaired) electrons. The lowest BCUT2D eigenvalue weighted by molar-refractivity contribution is -0.156. The lowest BCUT2D eigenvalue weighted by Crippen LogP contribution is -2.29. The van der Waals surface area contributed by atoms with Gasteiger partial charge in [0, 0.05) is 6.20 Å². The van der Waals surface area contributed by atoms with Crippen LogP contribution in [0.4, 0.5) is 0 Å². The largest absolute Gasteiger partial charge is 0.344 e. The summed E-state index contributed by atoms with van der Waals surface area (Å²) in [5, 5.41) is 1.41. The number of ether oxygens (including phenoxy) is 2. The van der Waals surface area contributed by atoms with Gasteiger partial charge >= 0.3 is 0 Å². The van der Waals surface area contributed by atoms with Crippen LogP contribution in [0.15, 0.2) is 18.6 Å². The van der Waals surface area contributed by atoms with Gasteiger partial charge in [-0.2, -0.15) is 0 Å². The average molecular weight is 306 g/mol. The SMILES string of the molecule is CC1(C)O[C@H]2[C@H](n3ccc4c(Cl)ncnc43)[C@H]3CC3[C@H]2O1. The number of aromatic nitrogens is 3. The zero-order valence-electron chi connectivity index (χ0n) is 11.9. The Balaban J connectivity index is 1.62. The quantitative estimate of drug-likeness (QED) is 0.760. The zero-order chi connectivity index (χ0) is 14.4. The molecule has 2 saturated carbocycles. The minimum Gasteiger partial charge on any atom is -0.344 e. The molecule has 3 aliphatic rings. The molecule has 1 unspecified atom stereocenters. The van der Waals surface area contributed by atoms with E-state index in [-0.39, 0.29) is 18.2 Å². The van der Waals surface area contributed by atoms with Gasteiger partial charge in [-0.15, -0.1) is 0 Å². The van der Waals surface area contributed by atoms with Gasteiger partial charge in [-0.3, -0.25) is 0 Å². The molecule has 2 aromatic rings. The summed E-state index contributed by atoms with van der Waals surface area (Å²) in [6, 6.07) is 2.27. The van der Waals surface area contributed by atoms with Gasteiger partial charge in [0.05, 0.1) is 17.5 Å².